The molecule has 2 aromatic heterocycles. The van der Waals surface area contributed by atoms with Crippen molar-refractivity contribution in [2.45, 2.75) is 26.7 Å². The van der Waals surface area contributed by atoms with Gasteiger partial charge in [0.1, 0.15) is 11.6 Å². The highest BCUT2D eigenvalue weighted by atomic mass is 19.2. The van der Waals surface area contributed by atoms with Gasteiger partial charge in [0.05, 0.1) is 6.61 Å². The average molecular weight is 467 g/mol. The van der Waals surface area contributed by atoms with Crippen molar-refractivity contribution < 1.29 is 18.3 Å². The molecule has 4 aromatic rings. The van der Waals surface area contributed by atoms with E-state index in [1.54, 1.807) is 41.1 Å². The van der Waals surface area contributed by atoms with E-state index in [4.69, 9.17) is 4.74 Å². The zero-order chi connectivity index (χ0) is 24.2. The molecule has 2 aromatic carbocycles. The number of aromatic nitrogens is 4. The van der Waals surface area contributed by atoms with Crippen molar-refractivity contribution in [1.82, 2.24) is 19.2 Å². The first kappa shape index (κ1) is 23.1. The Morgan fingerprint density at radius 1 is 1.09 bits per heavy atom. The lowest BCUT2D eigenvalue weighted by Gasteiger charge is -2.11. The zero-order valence-electron chi connectivity index (χ0n) is 18.7. The molecular weight excluding hydrogens is 444 g/mol. The molecule has 0 saturated heterocycles. The molecule has 0 aliphatic heterocycles. The summed E-state index contributed by atoms with van der Waals surface area (Å²) in [7, 11) is 0. The van der Waals surface area contributed by atoms with Crippen molar-refractivity contribution in [2.75, 3.05) is 11.9 Å². The lowest BCUT2D eigenvalue weighted by atomic mass is 10.0. The average Bonchev–Trinajstić information content (AvgIpc) is 3.21. The molecular formula is C24H23F2N5O3. The maximum absolute atomic E-state index is 13.3. The number of rotatable bonds is 8. The first-order valence-electron chi connectivity index (χ1n) is 10.8. The lowest BCUT2D eigenvalue weighted by molar-refractivity contribution is -0.116. The highest BCUT2D eigenvalue weighted by Crippen LogP contribution is 2.17. The van der Waals surface area contributed by atoms with Crippen LogP contribution in [0.5, 0.6) is 5.75 Å². The van der Waals surface area contributed by atoms with Gasteiger partial charge in [-0.3, -0.25) is 18.6 Å². The van der Waals surface area contributed by atoms with Crippen molar-refractivity contribution in [3.63, 3.8) is 0 Å². The molecule has 0 fully saturated rings. The van der Waals surface area contributed by atoms with Crippen molar-refractivity contribution in [3.8, 4) is 11.4 Å². The van der Waals surface area contributed by atoms with Gasteiger partial charge < -0.3 is 10.1 Å². The van der Waals surface area contributed by atoms with Gasteiger partial charge in [-0.1, -0.05) is 6.92 Å². The first-order chi connectivity index (χ1) is 16.4. The summed E-state index contributed by atoms with van der Waals surface area (Å²) in [6.45, 7) is 4.31. The van der Waals surface area contributed by atoms with Crippen LogP contribution >= 0.6 is 0 Å². The number of nitrogens with zero attached hydrogens (tertiary/aromatic N) is 4. The van der Waals surface area contributed by atoms with E-state index < -0.39 is 11.6 Å². The molecule has 10 heteroatoms. The van der Waals surface area contributed by atoms with Crippen LogP contribution in [0.1, 0.15) is 26.1 Å². The summed E-state index contributed by atoms with van der Waals surface area (Å²) in [6.07, 6.45) is 3.85. The number of hydrogen-bond acceptors (Lipinski definition) is 5. The third-order valence-corrected chi connectivity index (χ3v) is 5.24. The molecule has 34 heavy (non-hydrogen) atoms. The number of benzene rings is 2. The van der Waals surface area contributed by atoms with Gasteiger partial charge >= 0.3 is 5.56 Å². The van der Waals surface area contributed by atoms with Crippen molar-refractivity contribution in [3.05, 3.63) is 82.7 Å². The topological polar surface area (TPSA) is 90.5 Å². The number of carbonyl (C=O) groups is 1. The van der Waals surface area contributed by atoms with Crippen LogP contribution in [0.2, 0.25) is 0 Å². The van der Waals surface area contributed by atoms with Crippen LogP contribution in [0.15, 0.2) is 59.7 Å². The predicted molar refractivity (Wildman–Crippen MR) is 122 cm³/mol. The van der Waals surface area contributed by atoms with Crippen LogP contribution in [-0.4, -0.2) is 31.7 Å². The quantitative estimate of drug-likeness (QED) is 0.426. The zero-order valence-corrected chi connectivity index (χ0v) is 18.7. The predicted octanol–water partition coefficient (Wildman–Crippen LogP) is 3.76. The second-order valence-corrected chi connectivity index (χ2v) is 7.90. The first-order valence-corrected chi connectivity index (χ1v) is 10.8. The summed E-state index contributed by atoms with van der Waals surface area (Å²) in [5, 5.41) is 10.7. The Labute approximate surface area is 193 Å². The van der Waals surface area contributed by atoms with Gasteiger partial charge in [-0.25, -0.2) is 8.78 Å². The molecule has 0 radical (unpaired) electrons. The molecule has 0 aliphatic rings. The van der Waals surface area contributed by atoms with Gasteiger partial charge in [-0.05, 0) is 49.2 Å². The lowest BCUT2D eigenvalue weighted by Crippen LogP contribution is -2.21. The largest absolute Gasteiger partial charge is 0.494 e. The molecule has 0 spiro atoms. The number of hydrogen-bond donors (Lipinski definition) is 1. The second-order valence-electron chi connectivity index (χ2n) is 7.90. The molecule has 4 rings (SSSR count). The van der Waals surface area contributed by atoms with E-state index in [1.807, 2.05) is 13.8 Å². The summed E-state index contributed by atoms with van der Waals surface area (Å²) in [6, 6.07) is 10.3. The van der Waals surface area contributed by atoms with Crippen LogP contribution in [0.4, 0.5) is 14.5 Å². The molecule has 0 saturated carbocycles. The highest BCUT2D eigenvalue weighted by molar-refractivity contribution is 5.90. The monoisotopic (exact) mass is 467 g/mol. The van der Waals surface area contributed by atoms with Gasteiger partial charge in [-0.2, -0.15) is 0 Å². The standard InChI is InChI=1S/C24H23F2N5O3/c1-3-34-18-7-5-17(6-8-18)30-10-11-31-21(28-29-23(31)24(30)33)12-15(2)13-22(32)27-16-4-9-19(25)20(26)14-16/h4-11,14-15H,3,12-13H2,1-2H3,(H,27,32)/t15-/m0/s1. The normalized spacial score (nSPS) is 12.0. The third kappa shape index (κ3) is 4.95. The number of ether oxygens (including phenoxy) is 1. The maximum Gasteiger partial charge on any atom is 0.300 e. The fourth-order valence-corrected chi connectivity index (χ4v) is 3.63. The fraction of sp³-hybridized carbons (Fsp3) is 0.250. The van der Waals surface area contributed by atoms with E-state index in [9.17, 15) is 18.4 Å². The SMILES string of the molecule is CCOc1ccc(-n2ccn3c(C[C@H](C)CC(=O)Nc4ccc(F)c(F)c4)nnc3c2=O)cc1. The number of nitrogens with one attached hydrogen (secondary N) is 1. The molecule has 1 N–H and O–H groups in total. The molecule has 0 aliphatic carbocycles. The Morgan fingerprint density at radius 2 is 1.85 bits per heavy atom. The van der Waals surface area contributed by atoms with Gasteiger partial charge in [0.25, 0.3) is 0 Å². The summed E-state index contributed by atoms with van der Waals surface area (Å²) >= 11 is 0. The summed E-state index contributed by atoms with van der Waals surface area (Å²) in [5.41, 5.74) is 0.695. The minimum absolute atomic E-state index is 0.122. The van der Waals surface area contributed by atoms with E-state index in [-0.39, 0.29) is 35.1 Å². The number of halogens is 2. The molecule has 176 valence electrons. The molecule has 0 bridgehead atoms. The molecule has 1 amide bonds. The van der Waals surface area contributed by atoms with Crippen LogP contribution in [0, 0.1) is 17.6 Å². The van der Waals surface area contributed by atoms with E-state index in [2.05, 4.69) is 15.5 Å². The summed E-state index contributed by atoms with van der Waals surface area (Å²) < 4.78 is 34.9. The number of fused-ring (bicyclic) bond motifs is 1. The van der Waals surface area contributed by atoms with Gasteiger partial charge in [0.15, 0.2) is 11.6 Å². The van der Waals surface area contributed by atoms with E-state index in [0.717, 1.165) is 12.1 Å². The Balaban J connectivity index is 1.46. The highest BCUT2D eigenvalue weighted by Gasteiger charge is 2.17. The smallest absolute Gasteiger partial charge is 0.300 e. The Hall–Kier alpha value is -4.08. The summed E-state index contributed by atoms with van der Waals surface area (Å²) in [5.74, 6) is -1.24. The van der Waals surface area contributed by atoms with Crippen LogP contribution in [-0.2, 0) is 11.2 Å². The number of amides is 1. The number of anilines is 1. The Morgan fingerprint density at radius 3 is 2.56 bits per heavy atom. The summed E-state index contributed by atoms with van der Waals surface area (Å²) in [4.78, 5) is 25.3. The van der Waals surface area contributed by atoms with Crippen LogP contribution in [0.3, 0.4) is 0 Å². The second kappa shape index (κ2) is 9.82. The van der Waals surface area contributed by atoms with Crippen LogP contribution < -0.4 is 15.6 Å². The third-order valence-electron chi connectivity index (χ3n) is 5.24. The van der Waals surface area contributed by atoms with Gasteiger partial charge in [0.2, 0.25) is 11.6 Å². The Kier molecular flexibility index (Phi) is 6.67. The van der Waals surface area contributed by atoms with Crippen LogP contribution in [0.25, 0.3) is 11.3 Å². The van der Waals surface area contributed by atoms with Crippen molar-refractivity contribution in [2.24, 2.45) is 5.92 Å². The van der Waals surface area contributed by atoms with Crippen molar-refractivity contribution >= 4 is 17.2 Å². The maximum atomic E-state index is 13.3. The minimum Gasteiger partial charge on any atom is -0.494 e. The Bertz CT molecular complexity index is 1380. The van der Waals surface area contributed by atoms with Gasteiger partial charge in [-0.15, -0.1) is 10.2 Å². The molecule has 2 heterocycles. The van der Waals surface area contributed by atoms with Gasteiger partial charge in [0, 0.05) is 42.7 Å². The molecule has 1 atom stereocenters. The molecule has 0 unspecified atom stereocenters. The van der Waals surface area contributed by atoms with E-state index >= 15 is 0 Å². The molecule has 8 nitrogen and oxygen atoms in total. The van der Waals surface area contributed by atoms with Crippen molar-refractivity contribution in [1.29, 1.82) is 0 Å². The minimum atomic E-state index is -1.03. The fourth-order valence-electron chi connectivity index (χ4n) is 3.63. The van der Waals surface area contributed by atoms with E-state index in [1.165, 1.54) is 10.6 Å². The van der Waals surface area contributed by atoms with E-state index in [0.29, 0.717) is 30.3 Å². The number of carbonyl (C=O) groups excluding carboxylic acids is 1.